The molecule has 1 amide bonds. The Kier molecular flexibility index (Phi) is 6.41. The molecule has 0 aliphatic rings. The number of nitrogens with one attached hydrogen (secondary N) is 2. The molecule has 0 atom stereocenters. The number of anilines is 2. The topological polar surface area (TPSA) is 54.0 Å². The van der Waals surface area contributed by atoms with E-state index in [-0.39, 0.29) is 5.91 Å². The van der Waals surface area contributed by atoms with Gasteiger partial charge >= 0.3 is 0 Å². The van der Waals surface area contributed by atoms with Gasteiger partial charge in [0.25, 0.3) is 5.91 Å². The first-order valence-corrected chi connectivity index (χ1v) is 8.25. The maximum absolute atomic E-state index is 12.3. The Morgan fingerprint density at radius 1 is 1.22 bits per heavy atom. The summed E-state index contributed by atoms with van der Waals surface area (Å²) >= 11 is 5.92. The molecule has 2 aromatic rings. The van der Waals surface area contributed by atoms with Crippen LogP contribution in [-0.2, 0) is 0 Å². The van der Waals surface area contributed by atoms with Crippen molar-refractivity contribution in [2.75, 3.05) is 17.2 Å². The Morgan fingerprint density at radius 3 is 2.70 bits per heavy atom. The Balaban J connectivity index is 1.94. The molecule has 2 N–H and O–H groups in total. The minimum absolute atomic E-state index is 0.180. The number of carbonyl (C=O) groups excluding carboxylic acids is 1. The average molecular weight is 332 g/mol. The number of carbonyl (C=O) groups is 1. The van der Waals surface area contributed by atoms with Crippen molar-refractivity contribution in [3.63, 3.8) is 0 Å². The molecule has 2 rings (SSSR count). The normalized spacial score (nSPS) is 10.4. The van der Waals surface area contributed by atoms with E-state index in [9.17, 15) is 4.79 Å². The molecule has 0 spiro atoms. The third-order valence-corrected chi connectivity index (χ3v) is 3.78. The maximum atomic E-state index is 12.3. The molecule has 0 aliphatic carbocycles. The number of unbranched alkanes of at least 4 members (excludes halogenated alkanes) is 2. The van der Waals surface area contributed by atoms with Crippen molar-refractivity contribution < 1.29 is 4.79 Å². The van der Waals surface area contributed by atoms with Gasteiger partial charge in [0.2, 0.25) is 0 Å². The molecule has 1 aromatic carbocycles. The Hall–Kier alpha value is -2.07. The summed E-state index contributed by atoms with van der Waals surface area (Å²) < 4.78 is 0. The summed E-state index contributed by atoms with van der Waals surface area (Å²) in [7, 11) is 0. The van der Waals surface area contributed by atoms with Gasteiger partial charge in [0, 0.05) is 23.5 Å². The molecule has 0 saturated heterocycles. The van der Waals surface area contributed by atoms with E-state index in [1.54, 1.807) is 24.4 Å². The minimum Gasteiger partial charge on any atom is -0.370 e. The lowest BCUT2D eigenvalue weighted by atomic mass is 10.2. The molecule has 0 bridgehead atoms. The Bertz CT molecular complexity index is 656. The van der Waals surface area contributed by atoms with Crippen molar-refractivity contribution in [2.45, 2.75) is 33.1 Å². The van der Waals surface area contributed by atoms with E-state index in [1.165, 1.54) is 12.8 Å². The van der Waals surface area contributed by atoms with Crippen LogP contribution in [0.3, 0.4) is 0 Å². The summed E-state index contributed by atoms with van der Waals surface area (Å²) in [5.41, 5.74) is 2.20. The summed E-state index contributed by atoms with van der Waals surface area (Å²) in [5.74, 6) is 0.612. The molecule has 1 aromatic heterocycles. The number of hydrogen-bond donors (Lipinski definition) is 2. The number of benzene rings is 1. The van der Waals surface area contributed by atoms with E-state index in [0.717, 1.165) is 30.0 Å². The number of aryl methyl sites for hydroxylation is 1. The van der Waals surface area contributed by atoms with Gasteiger partial charge in [0.15, 0.2) is 0 Å². The molecule has 0 unspecified atom stereocenters. The van der Waals surface area contributed by atoms with Crippen molar-refractivity contribution >= 4 is 29.0 Å². The van der Waals surface area contributed by atoms with Gasteiger partial charge in [-0.2, -0.15) is 0 Å². The molecule has 1 heterocycles. The molecule has 0 fully saturated rings. The SMILES string of the molecule is CCCCCNc1ccc(C(=O)Nc2ccc(Cl)cc2C)cn1. The van der Waals surface area contributed by atoms with E-state index >= 15 is 0 Å². The standard InChI is InChI=1S/C18H22ClN3O/c1-3-4-5-10-20-17-9-6-14(12-21-17)18(23)22-16-8-7-15(19)11-13(16)2/h6-9,11-12H,3-5,10H2,1-2H3,(H,20,21)(H,22,23). The summed E-state index contributed by atoms with van der Waals surface area (Å²) in [5, 5.41) is 6.78. The van der Waals surface area contributed by atoms with Crippen LogP contribution in [0.4, 0.5) is 11.5 Å². The zero-order chi connectivity index (χ0) is 16.7. The fraction of sp³-hybridized carbons (Fsp3) is 0.333. The fourth-order valence-corrected chi connectivity index (χ4v) is 2.41. The lowest BCUT2D eigenvalue weighted by Gasteiger charge is -2.09. The van der Waals surface area contributed by atoms with Crippen LogP contribution in [0.5, 0.6) is 0 Å². The second-order valence-corrected chi connectivity index (χ2v) is 5.92. The van der Waals surface area contributed by atoms with Crippen molar-refractivity contribution in [2.24, 2.45) is 0 Å². The lowest BCUT2D eigenvalue weighted by Crippen LogP contribution is -2.13. The minimum atomic E-state index is -0.180. The van der Waals surface area contributed by atoms with Gasteiger partial charge in [-0.25, -0.2) is 4.98 Å². The van der Waals surface area contributed by atoms with Gasteiger partial charge in [-0.05, 0) is 49.2 Å². The predicted molar refractivity (Wildman–Crippen MR) is 96.4 cm³/mol. The summed E-state index contributed by atoms with van der Waals surface area (Å²) in [6, 6.07) is 8.97. The first-order valence-electron chi connectivity index (χ1n) is 7.87. The Labute approximate surface area is 142 Å². The highest BCUT2D eigenvalue weighted by Gasteiger charge is 2.08. The van der Waals surface area contributed by atoms with Gasteiger partial charge in [-0.3, -0.25) is 4.79 Å². The number of rotatable bonds is 7. The van der Waals surface area contributed by atoms with Crippen molar-refractivity contribution in [1.29, 1.82) is 0 Å². The monoisotopic (exact) mass is 331 g/mol. The van der Waals surface area contributed by atoms with Crippen LogP contribution in [0, 0.1) is 6.92 Å². The van der Waals surface area contributed by atoms with Crippen LogP contribution in [0.25, 0.3) is 0 Å². The number of aromatic nitrogens is 1. The number of nitrogens with zero attached hydrogens (tertiary/aromatic N) is 1. The molecular weight excluding hydrogens is 310 g/mol. The van der Waals surface area contributed by atoms with E-state index in [4.69, 9.17) is 11.6 Å². The third kappa shape index (κ3) is 5.25. The molecule has 23 heavy (non-hydrogen) atoms. The van der Waals surface area contributed by atoms with Gasteiger partial charge in [0.1, 0.15) is 5.82 Å². The maximum Gasteiger partial charge on any atom is 0.257 e. The molecule has 0 saturated carbocycles. The van der Waals surface area contributed by atoms with E-state index in [1.807, 2.05) is 19.1 Å². The van der Waals surface area contributed by atoms with Crippen molar-refractivity contribution in [3.05, 3.63) is 52.7 Å². The van der Waals surface area contributed by atoms with Crippen molar-refractivity contribution in [1.82, 2.24) is 4.98 Å². The average Bonchev–Trinajstić information content (AvgIpc) is 2.55. The van der Waals surface area contributed by atoms with E-state index in [2.05, 4.69) is 22.5 Å². The summed E-state index contributed by atoms with van der Waals surface area (Å²) in [4.78, 5) is 16.5. The predicted octanol–water partition coefficient (Wildman–Crippen LogP) is 4.90. The number of hydrogen-bond acceptors (Lipinski definition) is 3. The number of amides is 1. The zero-order valence-electron chi connectivity index (χ0n) is 13.5. The molecule has 0 aliphatic heterocycles. The van der Waals surface area contributed by atoms with Gasteiger partial charge < -0.3 is 10.6 Å². The van der Waals surface area contributed by atoms with Gasteiger partial charge in [-0.1, -0.05) is 31.4 Å². The highest BCUT2D eigenvalue weighted by molar-refractivity contribution is 6.30. The smallest absolute Gasteiger partial charge is 0.257 e. The summed E-state index contributed by atoms with van der Waals surface area (Å²) in [6.07, 6.45) is 5.10. The first kappa shape index (κ1) is 17.3. The molecular formula is C18H22ClN3O. The molecule has 5 heteroatoms. The van der Waals surface area contributed by atoms with Gasteiger partial charge in [0.05, 0.1) is 5.56 Å². The van der Waals surface area contributed by atoms with Crippen LogP contribution in [0.1, 0.15) is 42.1 Å². The number of halogens is 1. The fourth-order valence-electron chi connectivity index (χ4n) is 2.19. The summed E-state index contributed by atoms with van der Waals surface area (Å²) in [6.45, 7) is 4.98. The van der Waals surface area contributed by atoms with Gasteiger partial charge in [-0.15, -0.1) is 0 Å². The first-order chi connectivity index (χ1) is 11.1. The molecule has 0 radical (unpaired) electrons. The van der Waals surface area contributed by atoms with Crippen LogP contribution in [0.2, 0.25) is 5.02 Å². The molecule has 4 nitrogen and oxygen atoms in total. The molecule has 122 valence electrons. The zero-order valence-corrected chi connectivity index (χ0v) is 14.3. The van der Waals surface area contributed by atoms with Crippen LogP contribution >= 0.6 is 11.6 Å². The third-order valence-electron chi connectivity index (χ3n) is 3.55. The van der Waals surface area contributed by atoms with Crippen LogP contribution in [0.15, 0.2) is 36.5 Å². The van der Waals surface area contributed by atoms with E-state index < -0.39 is 0 Å². The highest BCUT2D eigenvalue weighted by Crippen LogP contribution is 2.20. The Morgan fingerprint density at radius 2 is 2.04 bits per heavy atom. The second kappa shape index (κ2) is 8.53. The largest absolute Gasteiger partial charge is 0.370 e. The number of pyridine rings is 1. The lowest BCUT2D eigenvalue weighted by molar-refractivity contribution is 0.102. The van der Waals surface area contributed by atoms with Crippen LogP contribution in [-0.4, -0.2) is 17.4 Å². The second-order valence-electron chi connectivity index (χ2n) is 5.48. The van der Waals surface area contributed by atoms with E-state index in [0.29, 0.717) is 10.6 Å². The van der Waals surface area contributed by atoms with Crippen LogP contribution < -0.4 is 10.6 Å². The quantitative estimate of drug-likeness (QED) is 0.710. The highest BCUT2D eigenvalue weighted by atomic mass is 35.5. The van der Waals surface area contributed by atoms with Crippen molar-refractivity contribution in [3.8, 4) is 0 Å².